The summed E-state index contributed by atoms with van der Waals surface area (Å²) < 4.78 is 26.7. The van der Waals surface area contributed by atoms with Gasteiger partial charge in [-0.2, -0.15) is 0 Å². The van der Waals surface area contributed by atoms with E-state index in [-0.39, 0.29) is 10.8 Å². The Hall–Kier alpha value is -2.58. The van der Waals surface area contributed by atoms with Crippen LogP contribution in [0.3, 0.4) is 0 Å². The molecule has 0 aliphatic carbocycles. The van der Waals surface area contributed by atoms with Crippen LogP contribution in [0.4, 0.5) is 5.69 Å². The van der Waals surface area contributed by atoms with E-state index in [1.807, 2.05) is 48.5 Å². The number of hydrogen-bond acceptors (Lipinski definition) is 4. The number of benzene rings is 3. The van der Waals surface area contributed by atoms with Crippen LogP contribution in [-0.2, 0) is 14.8 Å². The van der Waals surface area contributed by atoms with E-state index in [1.54, 1.807) is 23.9 Å². The van der Waals surface area contributed by atoms with Crippen molar-refractivity contribution in [2.24, 2.45) is 0 Å². The summed E-state index contributed by atoms with van der Waals surface area (Å²) in [5.74, 6) is -0.268. The minimum Gasteiger partial charge on any atom is -0.321 e. The molecular weight excluding hydrogens is 440 g/mol. The number of carbonyl (C=O) groups excluding carboxylic acids is 1. The third-order valence-corrected chi connectivity index (χ3v) is 7.38. The van der Waals surface area contributed by atoms with Gasteiger partial charge in [0.2, 0.25) is 10.0 Å². The molecule has 5 nitrogen and oxygen atoms in total. The maximum atomic E-state index is 12.6. The SMILES string of the molecule is CNS(=O)(=O)c1ccc2c(c1)C(=Cc1ccccc1Sc1ccc(Cl)cc1)C(=O)N2. The third kappa shape index (κ3) is 4.15. The first-order valence-electron chi connectivity index (χ1n) is 9.01. The van der Waals surface area contributed by atoms with Gasteiger partial charge in [-0.15, -0.1) is 0 Å². The molecule has 0 saturated carbocycles. The Bertz CT molecular complexity index is 1270. The maximum absolute atomic E-state index is 12.6. The van der Waals surface area contributed by atoms with Crippen molar-refractivity contribution in [3.8, 4) is 0 Å². The zero-order chi connectivity index (χ0) is 21.3. The van der Waals surface area contributed by atoms with Gasteiger partial charge >= 0.3 is 0 Å². The Morgan fingerprint density at radius 1 is 1.03 bits per heavy atom. The normalized spacial score (nSPS) is 14.6. The highest BCUT2D eigenvalue weighted by Crippen LogP contribution is 2.37. The number of halogens is 1. The van der Waals surface area contributed by atoms with E-state index in [1.165, 1.54) is 19.2 Å². The van der Waals surface area contributed by atoms with Gasteiger partial charge in [0.25, 0.3) is 5.91 Å². The van der Waals surface area contributed by atoms with E-state index >= 15 is 0 Å². The molecule has 8 heteroatoms. The van der Waals surface area contributed by atoms with E-state index in [2.05, 4.69) is 10.0 Å². The highest BCUT2D eigenvalue weighted by atomic mass is 35.5. The lowest BCUT2D eigenvalue weighted by Gasteiger charge is -2.08. The van der Waals surface area contributed by atoms with Crippen LogP contribution >= 0.6 is 23.4 Å². The van der Waals surface area contributed by atoms with E-state index in [0.717, 1.165) is 15.4 Å². The smallest absolute Gasteiger partial charge is 0.256 e. The molecule has 3 aromatic rings. The van der Waals surface area contributed by atoms with Crippen molar-refractivity contribution in [2.45, 2.75) is 14.7 Å². The summed E-state index contributed by atoms with van der Waals surface area (Å²) in [6.45, 7) is 0. The maximum Gasteiger partial charge on any atom is 0.256 e. The van der Waals surface area contributed by atoms with Crippen LogP contribution in [0.2, 0.25) is 5.02 Å². The molecule has 1 amide bonds. The summed E-state index contributed by atoms with van der Waals surface area (Å²) in [4.78, 5) is 14.7. The molecule has 0 saturated heterocycles. The van der Waals surface area contributed by atoms with Gasteiger partial charge in [0.1, 0.15) is 0 Å². The van der Waals surface area contributed by atoms with E-state index in [9.17, 15) is 13.2 Å². The first-order chi connectivity index (χ1) is 14.4. The summed E-state index contributed by atoms with van der Waals surface area (Å²) in [5.41, 5.74) is 2.42. The highest BCUT2D eigenvalue weighted by Gasteiger charge is 2.26. The van der Waals surface area contributed by atoms with Gasteiger partial charge < -0.3 is 5.32 Å². The van der Waals surface area contributed by atoms with Crippen LogP contribution in [0.25, 0.3) is 11.6 Å². The lowest BCUT2D eigenvalue weighted by Crippen LogP contribution is -2.18. The molecule has 30 heavy (non-hydrogen) atoms. The molecule has 0 radical (unpaired) electrons. The molecule has 152 valence electrons. The topological polar surface area (TPSA) is 75.3 Å². The number of hydrogen-bond donors (Lipinski definition) is 2. The molecule has 1 aliphatic rings. The Kier molecular flexibility index (Phi) is 5.71. The van der Waals surface area contributed by atoms with Crippen molar-refractivity contribution in [3.05, 3.63) is 82.9 Å². The lowest BCUT2D eigenvalue weighted by atomic mass is 10.0. The molecular formula is C22H17ClN2O3S2. The fourth-order valence-corrected chi connectivity index (χ4v) is 4.87. The molecule has 4 rings (SSSR count). The number of fused-ring (bicyclic) bond motifs is 1. The summed E-state index contributed by atoms with van der Waals surface area (Å²) >= 11 is 7.53. The number of sulfonamides is 1. The Morgan fingerprint density at radius 2 is 1.77 bits per heavy atom. The minimum absolute atomic E-state index is 0.106. The zero-order valence-corrected chi connectivity index (χ0v) is 18.2. The van der Waals surface area contributed by atoms with Crippen LogP contribution in [-0.4, -0.2) is 21.4 Å². The van der Waals surface area contributed by atoms with Crippen molar-refractivity contribution in [3.63, 3.8) is 0 Å². The number of rotatable bonds is 5. The predicted octanol–water partition coefficient (Wildman–Crippen LogP) is 4.89. The molecule has 3 aromatic carbocycles. The largest absolute Gasteiger partial charge is 0.321 e. The van der Waals surface area contributed by atoms with Gasteiger partial charge in [0.05, 0.1) is 4.90 Å². The van der Waals surface area contributed by atoms with Gasteiger partial charge in [-0.1, -0.05) is 41.6 Å². The van der Waals surface area contributed by atoms with Gasteiger partial charge in [0.15, 0.2) is 0 Å². The fraction of sp³-hybridized carbons (Fsp3) is 0.0455. The third-order valence-electron chi connectivity index (χ3n) is 4.61. The van der Waals surface area contributed by atoms with Crippen molar-refractivity contribution >= 4 is 56.6 Å². The Balaban J connectivity index is 1.76. The van der Waals surface area contributed by atoms with E-state index in [4.69, 9.17) is 11.6 Å². The average molecular weight is 457 g/mol. The van der Waals surface area contributed by atoms with Crippen LogP contribution in [0.15, 0.2) is 81.4 Å². The first-order valence-corrected chi connectivity index (χ1v) is 11.7. The molecule has 0 aromatic heterocycles. The van der Waals surface area contributed by atoms with Gasteiger partial charge in [-0.05, 0) is 67.2 Å². The predicted molar refractivity (Wildman–Crippen MR) is 121 cm³/mol. The standard InChI is InChI=1S/C22H17ClN2O3S2/c1-24-30(27,28)17-10-11-20-18(13-17)19(22(26)25-20)12-14-4-2-3-5-21(14)29-16-8-6-15(23)7-9-16/h2-13,24H,1H3,(H,25,26). The summed E-state index contributed by atoms with van der Waals surface area (Å²) in [6.07, 6.45) is 1.79. The Morgan fingerprint density at radius 3 is 2.50 bits per heavy atom. The quantitative estimate of drug-likeness (QED) is 0.536. The van der Waals surface area contributed by atoms with Crippen LogP contribution in [0, 0.1) is 0 Å². The van der Waals surface area contributed by atoms with Crippen molar-refractivity contribution in [1.29, 1.82) is 0 Å². The highest BCUT2D eigenvalue weighted by molar-refractivity contribution is 7.99. The molecule has 0 spiro atoms. The second kappa shape index (κ2) is 8.28. The average Bonchev–Trinajstić information content (AvgIpc) is 3.05. The first kappa shape index (κ1) is 20.7. The van der Waals surface area contributed by atoms with Crippen molar-refractivity contribution < 1.29 is 13.2 Å². The number of anilines is 1. The molecule has 2 N–H and O–H groups in total. The molecule has 1 heterocycles. The van der Waals surface area contributed by atoms with Gasteiger partial charge in [-0.3, -0.25) is 4.79 Å². The molecule has 0 unspecified atom stereocenters. The second-order valence-corrected chi connectivity index (χ2v) is 9.96. The lowest BCUT2D eigenvalue weighted by molar-refractivity contribution is -0.110. The Labute approximate surface area is 184 Å². The zero-order valence-electron chi connectivity index (χ0n) is 15.8. The number of nitrogens with one attached hydrogen (secondary N) is 2. The minimum atomic E-state index is -3.62. The fourth-order valence-electron chi connectivity index (χ4n) is 3.07. The number of amides is 1. The van der Waals surface area contributed by atoms with Gasteiger partial charge in [0, 0.05) is 31.6 Å². The van der Waals surface area contributed by atoms with Crippen LogP contribution in [0.1, 0.15) is 11.1 Å². The van der Waals surface area contributed by atoms with Crippen LogP contribution < -0.4 is 10.0 Å². The molecule has 0 bridgehead atoms. The van der Waals surface area contributed by atoms with Crippen LogP contribution in [0.5, 0.6) is 0 Å². The molecule has 1 aliphatic heterocycles. The summed E-state index contributed by atoms with van der Waals surface area (Å²) in [6, 6.07) is 19.8. The van der Waals surface area contributed by atoms with Crippen molar-refractivity contribution in [2.75, 3.05) is 12.4 Å². The summed E-state index contributed by atoms with van der Waals surface area (Å²) in [7, 11) is -2.26. The molecule has 0 fully saturated rings. The molecule has 0 atom stereocenters. The van der Waals surface area contributed by atoms with Gasteiger partial charge in [-0.25, -0.2) is 13.1 Å². The van der Waals surface area contributed by atoms with E-state index in [0.29, 0.717) is 21.8 Å². The second-order valence-electron chi connectivity index (χ2n) is 6.52. The number of carbonyl (C=O) groups is 1. The van der Waals surface area contributed by atoms with E-state index < -0.39 is 10.0 Å². The van der Waals surface area contributed by atoms with Crippen molar-refractivity contribution in [1.82, 2.24) is 4.72 Å². The summed E-state index contributed by atoms with van der Waals surface area (Å²) in [5, 5.41) is 3.46. The monoisotopic (exact) mass is 456 g/mol.